The van der Waals surface area contributed by atoms with Gasteiger partial charge in [-0.2, -0.15) is 0 Å². The second-order valence-electron chi connectivity index (χ2n) is 16.0. The number of Topliss-reactive ketones (excluding diaryl/α,β-unsaturated/α-hetero) is 1. The monoisotopic (exact) mass is 766 g/mol. The fourth-order valence-corrected chi connectivity index (χ4v) is 10.2. The number of carbonyl (C=O) groups excluding carboxylic acids is 1. The molecule has 10 aromatic carbocycles. The number of benzene rings is 10. The van der Waals surface area contributed by atoms with Crippen molar-refractivity contribution >= 4 is 124 Å². The highest BCUT2D eigenvalue weighted by Crippen LogP contribution is 2.45. The molecular weight excluding hydrogens is 734 g/mol. The van der Waals surface area contributed by atoms with Gasteiger partial charge < -0.3 is 25.7 Å². The van der Waals surface area contributed by atoms with E-state index < -0.39 is 6.98 Å². The molecule has 1 aliphatic carbocycles. The van der Waals surface area contributed by atoms with E-state index in [2.05, 4.69) is 155 Å². The van der Waals surface area contributed by atoms with Crippen LogP contribution >= 0.6 is 0 Å². The first kappa shape index (κ1) is 33.2. The number of anilines is 3. The lowest BCUT2D eigenvalue weighted by atomic mass is 9.62. The number of hydrogen-bond acceptors (Lipinski definition) is 6. The molecule has 0 amide bonds. The molecule has 8 heteroatoms. The molecule has 0 saturated heterocycles. The van der Waals surface area contributed by atoms with Gasteiger partial charge in [0.05, 0.1) is 16.5 Å². The van der Waals surface area contributed by atoms with E-state index in [4.69, 9.17) is 4.90 Å². The van der Waals surface area contributed by atoms with Crippen molar-refractivity contribution in [1.29, 1.82) is 0 Å². The van der Waals surface area contributed by atoms with E-state index in [1.807, 2.05) is 30.3 Å². The predicted octanol–water partition coefficient (Wildman–Crippen LogP) is 8.98. The molecule has 60 heavy (non-hydrogen) atoms. The van der Waals surface area contributed by atoms with Gasteiger partial charge in [-0.05, 0) is 89.1 Å². The molecule has 0 fully saturated rings. The first-order valence-electron chi connectivity index (χ1n) is 20.4. The van der Waals surface area contributed by atoms with Crippen LogP contribution in [0.2, 0.25) is 0 Å². The second kappa shape index (κ2) is 12.3. The van der Waals surface area contributed by atoms with Crippen LogP contribution in [0.15, 0.2) is 181 Å². The summed E-state index contributed by atoms with van der Waals surface area (Å²) in [5.74, 6) is -0.225. The summed E-state index contributed by atoms with van der Waals surface area (Å²) in [7, 11) is 0. The zero-order chi connectivity index (χ0) is 39.6. The Morgan fingerprint density at radius 1 is 0.467 bits per heavy atom. The minimum atomic E-state index is -0.441. The molecule has 2 heterocycles. The van der Waals surface area contributed by atoms with Crippen LogP contribution in [-0.4, -0.2) is 24.9 Å². The quantitative estimate of drug-likeness (QED) is 0.107. The van der Waals surface area contributed by atoms with Crippen molar-refractivity contribution in [3.63, 3.8) is 0 Å². The molecule has 0 atom stereocenters. The van der Waals surface area contributed by atoms with E-state index in [1.54, 1.807) is 0 Å². The number of nitrogens with one attached hydrogen (secondary N) is 3. The summed E-state index contributed by atoms with van der Waals surface area (Å²) < 4.78 is 0. The smallest absolute Gasteiger partial charge is 0.429 e. The third-order valence-electron chi connectivity index (χ3n) is 12.9. The topological polar surface area (TPSA) is 85.8 Å². The lowest BCUT2D eigenvalue weighted by Crippen LogP contribution is -2.49. The Kier molecular flexibility index (Phi) is 6.82. The third-order valence-corrected chi connectivity index (χ3v) is 12.9. The molecule has 278 valence electrons. The maximum absolute atomic E-state index is 14.8. The first-order valence-corrected chi connectivity index (χ1v) is 20.4. The van der Waals surface area contributed by atoms with Gasteiger partial charge in [-0.3, -0.25) is 4.79 Å². The van der Waals surface area contributed by atoms with Crippen molar-refractivity contribution in [1.82, 2.24) is 0 Å². The van der Waals surface area contributed by atoms with Crippen LogP contribution in [-0.2, 0) is 4.79 Å². The number of hydrogen-bond donors (Lipinski definition) is 4. The maximum Gasteiger partial charge on any atom is 0.429 e. The first-order chi connectivity index (χ1) is 29.6. The lowest BCUT2D eigenvalue weighted by molar-refractivity contribution is -0.109. The normalized spacial score (nSPS) is 15.4. The second-order valence-corrected chi connectivity index (χ2v) is 16.0. The van der Waals surface area contributed by atoms with Crippen molar-refractivity contribution in [2.24, 2.45) is 4.90 Å². The molecule has 0 radical (unpaired) electrons. The molecule has 0 saturated carbocycles. The Morgan fingerprint density at radius 2 is 0.983 bits per heavy atom. The number of nitrogens with zero attached hydrogens (tertiary/aromatic N) is 1. The van der Waals surface area contributed by atoms with Crippen LogP contribution in [0.4, 0.5) is 17.1 Å². The number of fused-ring (bicyclic) bond motifs is 4. The largest absolute Gasteiger partial charge is 0.506 e. The average molecular weight is 766 g/mol. The zero-order valence-electron chi connectivity index (χ0n) is 32.1. The van der Waals surface area contributed by atoms with Crippen molar-refractivity contribution in [3.05, 3.63) is 192 Å². The molecule has 10 aromatic rings. The fourth-order valence-electron chi connectivity index (χ4n) is 10.2. The molecule has 4 N–H and O–H groups in total. The molecule has 3 aliphatic rings. The Bertz CT molecular complexity index is 3660. The summed E-state index contributed by atoms with van der Waals surface area (Å²) in [4.78, 5) is 20.3. The predicted molar refractivity (Wildman–Crippen MR) is 251 cm³/mol. The van der Waals surface area contributed by atoms with Crippen LogP contribution in [0, 0.1) is 0 Å². The van der Waals surface area contributed by atoms with E-state index >= 15 is 0 Å². The van der Waals surface area contributed by atoms with Crippen LogP contribution in [0.25, 0.3) is 75.8 Å². The number of aliphatic hydroxyl groups is 1. The van der Waals surface area contributed by atoms with Crippen molar-refractivity contribution in [2.45, 2.75) is 0 Å². The number of rotatable bonds is 3. The van der Waals surface area contributed by atoms with E-state index in [-0.39, 0.29) is 24.1 Å². The highest BCUT2D eigenvalue weighted by molar-refractivity contribution is 6.84. The lowest BCUT2D eigenvalue weighted by Gasteiger charge is -2.32. The zero-order valence-corrected chi connectivity index (χ0v) is 32.1. The highest BCUT2D eigenvalue weighted by atomic mass is 16.3. The average Bonchev–Trinajstić information content (AvgIpc) is 3.29. The van der Waals surface area contributed by atoms with Crippen LogP contribution in [0.3, 0.4) is 0 Å². The van der Waals surface area contributed by atoms with Gasteiger partial charge in [0.25, 0.3) is 0 Å². The van der Waals surface area contributed by atoms with Gasteiger partial charge in [-0.1, -0.05) is 146 Å². The SMILES string of the molecule is O=C1C(c2ccc3cccc4c3c2NB(c2c3ccccc3cc3ccccc23)N4)=C(O)C1=c1ccc2cccc3c2c1=NB(c1c2ccccc2cc2ccccc12)N3. The van der Waals surface area contributed by atoms with Gasteiger partial charge in [-0.15, -0.1) is 0 Å². The minimum Gasteiger partial charge on any atom is -0.506 e. The molecule has 6 nitrogen and oxygen atoms in total. The van der Waals surface area contributed by atoms with Gasteiger partial charge in [0.2, 0.25) is 5.78 Å². The van der Waals surface area contributed by atoms with Gasteiger partial charge in [0, 0.05) is 38.6 Å². The fraction of sp³-hybridized carbons (Fsp3) is 0. The van der Waals surface area contributed by atoms with E-state index in [0.717, 1.165) is 92.6 Å². The van der Waals surface area contributed by atoms with Gasteiger partial charge >= 0.3 is 14.0 Å². The molecule has 0 aromatic heterocycles. The van der Waals surface area contributed by atoms with Crippen LogP contribution in [0.1, 0.15) is 5.56 Å². The molecule has 13 rings (SSSR count). The highest BCUT2D eigenvalue weighted by Gasteiger charge is 2.40. The van der Waals surface area contributed by atoms with E-state index in [9.17, 15) is 9.90 Å². The van der Waals surface area contributed by atoms with Crippen LogP contribution in [0.5, 0.6) is 0 Å². The van der Waals surface area contributed by atoms with Crippen molar-refractivity contribution < 1.29 is 9.90 Å². The summed E-state index contributed by atoms with van der Waals surface area (Å²) in [6.07, 6.45) is 0. The standard InChI is InChI=1S/C52H32B2N4O2/c59-51-45(39-25-23-29-15-9-21-41-43(29)49(39)57-53(55-41)47-35-17-5-1-11-31(35)27-32-12-2-6-18-36(32)47)52(60)46(51)40-26-24-30-16-10-22-42-44(30)50(40)58-54(56-42)48-37-19-7-3-13-33(37)28-34-14-4-8-20-38(34)48/h1-28,55-57,59H. The molecule has 0 spiro atoms. The molecule has 0 bridgehead atoms. The Morgan fingerprint density at radius 3 is 1.58 bits per heavy atom. The van der Waals surface area contributed by atoms with Gasteiger partial charge in [0.15, 0.2) is 0 Å². The summed E-state index contributed by atoms with van der Waals surface area (Å²) in [5, 5.41) is 38.0. The number of carbonyl (C=O) groups is 1. The molecule has 0 unspecified atom stereocenters. The Balaban J connectivity index is 1.02. The molecular formula is C52H32B2N4O2. The third kappa shape index (κ3) is 4.61. The van der Waals surface area contributed by atoms with Crippen molar-refractivity contribution in [2.75, 3.05) is 15.7 Å². The van der Waals surface area contributed by atoms with E-state index in [1.165, 1.54) is 0 Å². The van der Waals surface area contributed by atoms with Gasteiger partial charge in [0.1, 0.15) is 5.76 Å². The van der Waals surface area contributed by atoms with Gasteiger partial charge in [-0.25, -0.2) is 0 Å². The van der Waals surface area contributed by atoms with Crippen LogP contribution < -0.4 is 37.2 Å². The maximum atomic E-state index is 14.8. The number of aliphatic hydroxyl groups excluding tert-OH is 1. The summed E-state index contributed by atoms with van der Waals surface area (Å²) in [6.45, 7) is -0.762. The number of ketones is 1. The molecule has 2 aliphatic heterocycles. The van der Waals surface area contributed by atoms with E-state index in [0.29, 0.717) is 21.7 Å². The summed E-state index contributed by atoms with van der Waals surface area (Å²) in [5.41, 5.74) is 6.18. The summed E-state index contributed by atoms with van der Waals surface area (Å²) in [6, 6.07) is 58.6. The Labute approximate surface area is 344 Å². The number of allylic oxidation sites excluding steroid dienone is 2. The minimum absolute atomic E-state index is 0.0189. The van der Waals surface area contributed by atoms with Crippen molar-refractivity contribution in [3.8, 4) is 0 Å². The summed E-state index contributed by atoms with van der Waals surface area (Å²) >= 11 is 0. The Hall–Kier alpha value is -7.83.